The third kappa shape index (κ3) is 4.68. The van der Waals surface area contributed by atoms with Gasteiger partial charge in [0.2, 0.25) is 5.91 Å². The summed E-state index contributed by atoms with van der Waals surface area (Å²) < 4.78 is 6.92. The fourth-order valence-electron chi connectivity index (χ4n) is 4.12. The molecule has 1 saturated carbocycles. The summed E-state index contributed by atoms with van der Waals surface area (Å²) in [5.74, 6) is 1.38. The number of rotatable bonds is 7. The van der Waals surface area contributed by atoms with Gasteiger partial charge in [-0.05, 0) is 44.6 Å². The van der Waals surface area contributed by atoms with Crippen LogP contribution in [0.25, 0.3) is 11.0 Å². The van der Waals surface area contributed by atoms with Crippen LogP contribution in [0.15, 0.2) is 33.0 Å². The first-order chi connectivity index (χ1) is 15.6. The van der Waals surface area contributed by atoms with E-state index in [0.717, 1.165) is 39.7 Å². The summed E-state index contributed by atoms with van der Waals surface area (Å²) in [6.07, 6.45) is 4.05. The van der Waals surface area contributed by atoms with Crippen LogP contribution in [-0.2, 0) is 10.5 Å². The Morgan fingerprint density at radius 2 is 2.09 bits per heavy atom. The highest BCUT2D eigenvalue weighted by Crippen LogP contribution is 2.34. The molecule has 1 aliphatic heterocycles. The molecule has 7 nitrogen and oxygen atoms in total. The Kier molecular flexibility index (Phi) is 6.19. The fourth-order valence-corrected chi connectivity index (χ4v) is 5.96. The molecule has 0 spiro atoms. The molecule has 32 heavy (non-hydrogen) atoms. The maximum atomic E-state index is 13.5. The zero-order valence-corrected chi connectivity index (χ0v) is 19.6. The minimum absolute atomic E-state index is 0.0708. The van der Waals surface area contributed by atoms with Gasteiger partial charge in [-0.3, -0.25) is 9.59 Å². The van der Waals surface area contributed by atoms with E-state index in [4.69, 9.17) is 4.42 Å². The molecule has 3 heterocycles. The van der Waals surface area contributed by atoms with Crippen molar-refractivity contribution in [3.63, 3.8) is 0 Å². The first-order valence-corrected chi connectivity index (χ1v) is 12.9. The molecule has 3 aromatic rings. The van der Waals surface area contributed by atoms with Crippen LogP contribution in [0.4, 0.5) is 0 Å². The van der Waals surface area contributed by atoms with Gasteiger partial charge in [-0.15, -0.1) is 10.2 Å². The van der Waals surface area contributed by atoms with E-state index in [-0.39, 0.29) is 17.7 Å². The van der Waals surface area contributed by atoms with Crippen LogP contribution in [0.1, 0.15) is 46.8 Å². The minimum atomic E-state index is -0.155. The lowest BCUT2D eigenvalue weighted by Crippen LogP contribution is -2.45. The average Bonchev–Trinajstić information content (AvgIpc) is 3.44. The molecule has 1 saturated heterocycles. The van der Waals surface area contributed by atoms with Crippen LogP contribution < -0.4 is 5.32 Å². The second-order valence-corrected chi connectivity index (χ2v) is 11.0. The van der Waals surface area contributed by atoms with Crippen molar-refractivity contribution in [3.8, 4) is 0 Å². The number of benzene rings is 1. The van der Waals surface area contributed by atoms with Crippen molar-refractivity contribution in [2.75, 3.05) is 19.6 Å². The number of nitrogens with zero attached hydrogens (tertiary/aromatic N) is 3. The molecule has 5 rings (SSSR count). The predicted octanol–water partition coefficient (Wildman–Crippen LogP) is 4.26. The summed E-state index contributed by atoms with van der Waals surface area (Å²) >= 11 is 3.10. The number of carbonyl (C=O) groups is 2. The molecule has 1 aromatic carbocycles. The monoisotopic (exact) mass is 470 g/mol. The van der Waals surface area contributed by atoms with E-state index in [1.807, 2.05) is 31.2 Å². The van der Waals surface area contributed by atoms with Crippen LogP contribution in [0.3, 0.4) is 0 Å². The number of aryl methyl sites for hydroxylation is 1. The molecule has 2 amide bonds. The van der Waals surface area contributed by atoms with E-state index in [2.05, 4.69) is 15.5 Å². The molecule has 2 fully saturated rings. The lowest BCUT2D eigenvalue weighted by molar-refractivity contribution is -0.126. The predicted molar refractivity (Wildman–Crippen MR) is 125 cm³/mol. The number of para-hydroxylation sites is 1. The van der Waals surface area contributed by atoms with Crippen molar-refractivity contribution < 1.29 is 14.0 Å². The van der Waals surface area contributed by atoms with E-state index in [9.17, 15) is 9.59 Å². The number of furan rings is 1. The van der Waals surface area contributed by atoms with E-state index in [1.54, 1.807) is 28.0 Å². The highest BCUT2D eigenvalue weighted by molar-refractivity contribution is 8.00. The number of likely N-dealkylation sites (tertiary alicyclic amines) is 1. The minimum Gasteiger partial charge on any atom is -0.451 e. The van der Waals surface area contributed by atoms with Gasteiger partial charge < -0.3 is 14.6 Å². The van der Waals surface area contributed by atoms with Crippen molar-refractivity contribution in [2.24, 2.45) is 11.8 Å². The summed E-state index contributed by atoms with van der Waals surface area (Å²) in [4.78, 5) is 27.9. The molecule has 2 aromatic heterocycles. The van der Waals surface area contributed by atoms with E-state index >= 15 is 0 Å². The number of hydrogen-bond donors (Lipinski definition) is 1. The zero-order chi connectivity index (χ0) is 22.1. The molecule has 1 aliphatic carbocycles. The lowest BCUT2D eigenvalue weighted by atomic mass is 9.96. The quantitative estimate of drug-likeness (QED) is 0.519. The summed E-state index contributed by atoms with van der Waals surface area (Å²) in [6, 6.07) is 7.74. The summed E-state index contributed by atoms with van der Waals surface area (Å²) in [5.41, 5.74) is 1.58. The van der Waals surface area contributed by atoms with Crippen LogP contribution in [0, 0.1) is 18.8 Å². The fraction of sp³-hybridized carbons (Fsp3) is 0.478. The van der Waals surface area contributed by atoms with Gasteiger partial charge in [-0.1, -0.05) is 41.3 Å². The third-order valence-electron chi connectivity index (χ3n) is 6.08. The number of amides is 2. The summed E-state index contributed by atoms with van der Waals surface area (Å²) in [7, 11) is 0. The number of aromatic nitrogens is 2. The van der Waals surface area contributed by atoms with E-state index < -0.39 is 0 Å². The van der Waals surface area contributed by atoms with Gasteiger partial charge >= 0.3 is 0 Å². The Balaban J connectivity index is 1.34. The Bertz CT molecular complexity index is 1140. The van der Waals surface area contributed by atoms with Gasteiger partial charge in [0.1, 0.15) is 10.6 Å². The largest absolute Gasteiger partial charge is 0.451 e. The number of fused-ring (bicyclic) bond motifs is 1. The average molecular weight is 471 g/mol. The molecule has 0 radical (unpaired) electrons. The van der Waals surface area contributed by atoms with Gasteiger partial charge in [-0.25, -0.2) is 0 Å². The Morgan fingerprint density at radius 3 is 2.88 bits per heavy atom. The van der Waals surface area contributed by atoms with Crippen molar-refractivity contribution >= 4 is 45.9 Å². The number of thioether (sulfide) groups is 1. The van der Waals surface area contributed by atoms with Gasteiger partial charge in [0, 0.05) is 36.3 Å². The molecule has 9 heteroatoms. The maximum Gasteiger partial charge on any atom is 0.289 e. The molecule has 2 aliphatic rings. The van der Waals surface area contributed by atoms with Gasteiger partial charge in [-0.2, -0.15) is 0 Å². The Hall–Kier alpha value is -2.39. The van der Waals surface area contributed by atoms with Gasteiger partial charge in [0.05, 0.1) is 5.92 Å². The second-order valence-electron chi connectivity index (χ2n) is 8.56. The lowest BCUT2D eigenvalue weighted by Gasteiger charge is -2.31. The molecule has 1 atom stereocenters. The van der Waals surface area contributed by atoms with Crippen LogP contribution >= 0.6 is 23.1 Å². The zero-order valence-electron chi connectivity index (χ0n) is 18.0. The van der Waals surface area contributed by atoms with E-state index in [1.165, 1.54) is 12.8 Å². The molecule has 1 N–H and O–H groups in total. The first kappa shape index (κ1) is 21.5. The highest BCUT2D eigenvalue weighted by atomic mass is 32.2. The number of hydrogen-bond acceptors (Lipinski definition) is 7. The molecule has 1 unspecified atom stereocenters. The Morgan fingerprint density at radius 1 is 1.25 bits per heavy atom. The van der Waals surface area contributed by atoms with Crippen molar-refractivity contribution in [3.05, 3.63) is 40.6 Å². The normalized spacial score (nSPS) is 18.8. The maximum absolute atomic E-state index is 13.5. The first-order valence-electron chi connectivity index (χ1n) is 11.1. The highest BCUT2D eigenvalue weighted by Gasteiger charge is 2.33. The second kappa shape index (κ2) is 9.23. The number of carbonyl (C=O) groups excluding carboxylic acids is 2. The molecule has 168 valence electrons. The van der Waals surface area contributed by atoms with Crippen molar-refractivity contribution in [2.45, 2.75) is 42.7 Å². The standard InChI is InChI=1S/C23H26N4O3S2/c1-14-25-26-23(32-14)31-13-18-17-6-2-3-7-19(17)30-20(18)22(29)27-10-4-5-16(12-27)21(28)24-11-15-8-9-15/h2-3,6-7,15-16H,4-5,8-13H2,1H3,(H,24,28). The van der Waals surface area contributed by atoms with Crippen LogP contribution in [0.5, 0.6) is 0 Å². The van der Waals surface area contributed by atoms with Crippen molar-refractivity contribution in [1.29, 1.82) is 0 Å². The van der Waals surface area contributed by atoms with Gasteiger partial charge in [0.15, 0.2) is 10.1 Å². The third-order valence-corrected chi connectivity index (χ3v) is 8.08. The molecular formula is C23H26N4O3S2. The topological polar surface area (TPSA) is 88.3 Å². The van der Waals surface area contributed by atoms with Gasteiger partial charge in [0.25, 0.3) is 5.91 Å². The molecular weight excluding hydrogens is 444 g/mol. The number of piperidine rings is 1. The SMILES string of the molecule is Cc1nnc(SCc2c(C(=O)N3CCCC(C(=O)NCC4CC4)C3)oc3ccccc23)s1. The summed E-state index contributed by atoms with van der Waals surface area (Å²) in [5, 5.41) is 13.2. The van der Waals surface area contributed by atoms with Crippen molar-refractivity contribution in [1.82, 2.24) is 20.4 Å². The smallest absolute Gasteiger partial charge is 0.289 e. The van der Waals surface area contributed by atoms with Crippen LogP contribution in [0.2, 0.25) is 0 Å². The van der Waals surface area contributed by atoms with Crippen LogP contribution in [-0.4, -0.2) is 46.5 Å². The Labute approximate surface area is 195 Å². The molecule has 0 bridgehead atoms. The summed E-state index contributed by atoms with van der Waals surface area (Å²) in [6.45, 7) is 3.77. The number of nitrogens with one attached hydrogen (secondary N) is 1. The van der Waals surface area contributed by atoms with E-state index in [0.29, 0.717) is 36.1 Å².